The van der Waals surface area contributed by atoms with E-state index < -0.39 is 5.97 Å². The summed E-state index contributed by atoms with van der Waals surface area (Å²) in [5, 5.41) is 9.50. The number of nitrogens with zero attached hydrogens (tertiary/aromatic N) is 3. The Bertz CT molecular complexity index is 1060. The van der Waals surface area contributed by atoms with Crippen molar-refractivity contribution in [1.29, 1.82) is 5.26 Å². The molecule has 0 unspecified atom stereocenters. The highest BCUT2D eigenvalue weighted by Gasteiger charge is 2.18. The fourth-order valence-corrected chi connectivity index (χ4v) is 2.72. The Morgan fingerprint density at radius 3 is 2.68 bits per heavy atom. The summed E-state index contributed by atoms with van der Waals surface area (Å²) in [5.41, 5.74) is 2.93. The molecule has 0 spiro atoms. The van der Waals surface area contributed by atoms with Gasteiger partial charge in [-0.3, -0.25) is 4.40 Å². The lowest BCUT2D eigenvalue weighted by atomic mass is 10.2. The highest BCUT2D eigenvalue weighted by Crippen LogP contribution is 2.25. The number of rotatable bonds is 6. The summed E-state index contributed by atoms with van der Waals surface area (Å²) >= 11 is 0. The van der Waals surface area contributed by atoms with Crippen molar-refractivity contribution in [1.82, 2.24) is 9.38 Å². The second-order valence-corrected chi connectivity index (χ2v) is 6.59. The standard InChI is InChI=1S/C22H21N3O3/c1-15(2)28-21-19(25-11-7-8-16(3)20(25)24-21)12-18(13-23)22(26)27-14-17-9-5-4-6-10-17/h4-12,15H,14H2,1-3H3. The Labute approximate surface area is 163 Å². The van der Waals surface area contributed by atoms with E-state index in [1.54, 1.807) is 4.40 Å². The molecule has 142 valence electrons. The molecule has 0 atom stereocenters. The lowest BCUT2D eigenvalue weighted by molar-refractivity contribution is -0.139. The van der Waals surface area contributed by atoms with Gasteiger partial charge in [0.25, 0.3) is 0 Å². The molecule has 0 fully saturated rings. The van der Waals surface area contributed by atoms with Gasteiger partial charge in [0.15, 0.2) is 0 Å². The van der Waals surface area contributed by atoms with E-state index in [0.717, 1.165) is 11.1 Å². The van der Waals surface area contributed by atoms with Crippen LogP contribution in [0.3, 0.4) is 0 Å². The number of aryl methyl sites for hydroxylation is 1. The SMILES string of the molecule is Cc1cccn2c(C=C(C#N)C(=O)OCc3ccccc3)c(OC(C)C)nc12. The van der Waals surface area contributed by atoms with Crippen molar-refractivity contribution in [3.05, 3.63) is 71.1 Å². The number of aromatic nitrogens is 2. The molecule has 0 aliphatic carbocycles. The molecule has 0 aliphatic rings. The van der Waals surface area contributed by atoms with E-state index >= 15 is 0 Å². The molecule has 2 aromatic heterocycles. The van der Waals surface area contributed by atoms with Crippen LogP contribution in [0.5, 0.6) is 5.88 Å². The van der Waals surface area contributed by atoms with Gasteiger partial charge in [-0.05, 0) is 44.0 Å². The maximum absolute atomic E-state index is 12.4. The third kappa shape index (κ3) is 4.21. The Morgan fingerprint density at radius 2 is 2.00 bits per heavy atom. The van der Waals surface area contributed by atoms with Gasteiger partial charge in [-0.2, -0.15) is 10.2 Å². The van der Waals surface area contributed by atoms with Crippen LogP contribution in [0.15, 0.2) is 54.2 Å². The van der Waals surface area contributed by atoms with Crippen LogP contribution in [0.25, 0.3) is 11.7 Å². The molecule has 28 heavy (non-hydrogen) atoms. The number of ether oxygens (including phenoxy) is 2. The molecule has 1 aromatic carbocycles. The first-order valence-electron chi connectivity index (χ1n) is 8.96. The van der Waals surface area contributed by atoms with E-state index in [1.807, 2.05) is 75.5 Å². The molecular weight excluding hydrogens is 354 g/mol. The van der Waals surface area contributed by atoms with Crippen molar-refractivity contribution in [2.75, 3.05) is 0 Å². The van der Waals surface area contributed by atoms with Crippen LogP contribution in [-0.2, 0) is 16.1 Å². The van der Waals surface area contributed by atoms with Crippen molar-refractivity contribution in [3.8, 4) is 11.9 Å². The van der Waals surface area contributed by atoms with Gasteiger partial charge in [-0.1, -0.05) is 36.4 Å². The highest BCUT2D eigenvalue weighted by atomic mass is 16.5. The summed E-state index contributed by atoms with van der Waals surface area (Å²) in [6, 6.07) is 15.1. The molecule has 6 nitrogen and oxygen atoms in total. The summed E-state index contributed by atoms with van der Waals surface area (Å²) in [6.45, 7) is 5.82. The van der Waals surface area contributed by atoms with E-state index in [2.05, 4.69) is 4.98 Å². The van der Waals surface area contributed by atoms with Gasteiger partial charge in [0, 0.05) is 6.20 Å². The zero-order valence-electron chi connectivity index (χ0n) is 16.0. The fraction of sp³-hybridized carbons (Fsp3) is 0.227. The normalized spacial score (nSPS) is 11.5. The largest absolute Gasteiger partial charge is 0.473 e. The minimum atomic E-state index is -0.690. The molecule has 3 aromatic rings. The van der Waals surface area contributed by atoms with Gasteiger partial charge in [0.2, 0.25) is 5.88 Å². The van der Waals surface area contributed by atoms with E-state index in [-0.39, 0.29) is 18.3 Å². The van der Waals surface area contributed by atoms with Crippen LogP contribution in [-0.4, -0.2) is 21.5 Å². The number of carbonyl (C=O) groups is 1. The Hall–Kier alpha value is -3.59. The second-order valence-electron chi connectivity index (χ2n) is 6.59. The van der Waals surface area contributed by atoms with Gasteiger partial charge in [-0.25, -0.2) is 4.79 Å². The molecule has 0 N–H and O–H groups in total. The second kappa shape index (κ2) is 8.40. The number of imidazole rings is 1. The van der Waals surface area contributed by atoms with Crippen molar-refractivity contribution >= 4 is 17.7 Å². The summed E-state index contributed by atoms with van der Waals surface area (Å²) in [5.74, 6) is -0.322. The van der Waals surface area contributed by atoms with Gasteiger partial charge in [0.1, 0.15) is 29.6 Å². The third-order valence-electron chi connectivity index (χ3n) is 4.03. The van der Waals surface area contributed by atoms with Crippen molar-refractivity contribution in [3.63, 3.8) is 0 Å². The zero-order chi connectivity index (χ0) is 20.1. The average molecular weight is 375 g/mol. The number of nitriles is 1. The maximum Gasteiger partial charge on any atom is 0.349 e. The quantitative estimate of drug-likeness (QED) is 0.369. The van der Waals surface area contributed by atoms with Crippen LogP contribution in [0.1, 0.15) is 30.7 Å². The molecule has 2 heterocycles. The average Bonchev–Trinajstić information content (AvgIpc) is 3.02. The number of pyridine rings is 1. The molecule has 3 rings (SSSR count). The number of fused-ring (bicyclic) bond motifs is 1. The first kappa shape index (κ1) is 19.2. The number of benzene rings is 1. The first-order chi connectivity index (χ1) is 13.5. The Morgan fingerprint density at radius 1 is 1.25 bits per heavy atom. The van der Waals surface area contributed by atoms with Crippen molar-refractivity contribution in [2.45, 2.75) is 33.5 Å². The van der Waals surface area contributed by atoms with E-state index in [0.29, 0.717) is 17.2 Å². The van der Waals surface area contributed by atoms with Crippen LogP contribution >= 0.6 is 0 Å². The lowest BCUT2D eigenvalue weighted by Crippen LogP contribution is -2.09. The van der Waals surface area contributed by atoms with E-state index in [4.69, 9.17) is 9.47 Å². The summed E-state index contributed by atoms with van der Waals surface area (Å²) in [4.78, 5) is 17.0. The number of hydrogen-bond acceptors (Lipinski definition) is 5. The van der Waals surface area contributed by atoms with E-state index in [9.17, 15) is 10.1 Å². The predicted octanol–water partition coefficient (Wildman–Crippen LogP) is 4.08. The molecule has 0 saturated heterocycles. The molecule has 0 aliphatic heterocycles. The molecule has 0 radical (unpaired) electrons. The monoisotopic (exact) mass is 375 g/mol. The summed E-state index contributed by atoms with van der Waals surface area (Å²) in [7, 11) is 0. The minimum Gasteiger partial charge on any atom is -0.473 e. The maximum atomic E-state index is 12.4. The van der Waals surface area contributed by atoms with E-state index in [1.165, 1.54) is 6.08 Å². The molecule has 0 bridgehead atoms. The first-order valence-corrected chi connectivity index (χ1v) is 8.96. The van der Waals surface area contributed by atoms with Crippen LogP contribution in [0.4, 0.5) is 0 Å². The highest BCUT2D eigenvalue weighted by molar-refractivity contribution is 5.98. The molecular formula is C22H21N3O3. The molecule has 6 heteroatoms. The van der Waals surface area contributed by atoms with Crippen molar-refractivity contribution in [2.24, 2.45) is 0 Å². The number of carbonyl (C=O) groups excluding carboxylic acids is 1. The Balaban J connectivity index is 1.95. The fourth-order valence-electron chi connectivity index (χ4n) is 2.72. The molecule has 0 saturated carbocycles. The van der Waals surface area contributed by atoms with Gasteiger partial charge in [0.05, 0.1) is 6.10 Å². The zero-order valence-corrected chi connectivity index (χ0v) is 16.0. The van der Waals surface area contributed by atoms with Gasteiger partial charge >= 0.3 is 5.97 Å². The number of hydrogen-bond donors (Lipinski definition) is 0. The Kier molecular flexibility index (Phi) is 5.75. The van der Waals surface area contributed by atoms with Crippen LogP contribution < -0.4 is 4.74 Å². The van der Waals surface area contributed by atoms with Crippen LogP contribution in [0, 0.1) is 18.3 Å². The minimum absolute atomic E-state index is 0.0975. The van der Waals surface area contributed by atoms with Gasteiger partial charge < -0.3 is 9.47 Å². The summed E-state index contributed by atoms with van der Waals surface area (Å²) in [6.07, 6.45) is 3.18. The number of esters is 1. The van der Waals surface area contributed by atoms with Gasteiger partial charge in [-0.15, -0.1) is 0 Å². The van der Waals surface area contributed by atoms with Crippen molar-refractivity contribution < 1.29 is 14.3 Å². The lowest BCUT2D eigenvalue weighted by Gasteiger charge is -2.08. The predicted molar refractivity (Wildman–Crippen MR) is 106 cm³/mol. The third-order valence-corrected chi connectivity index (χ3v) is 4.03. The molecule has 0 amide bonds. The topological polar surface area (TPSA) is 76.6 Å². The smallest absolute Gasteiger partial charge is 0.349 e. The van der Waals surface area contributed by atoms with Crippen LogP contribution in [0.2, 0.25) is 0 Å². The summed E-state index contributed by atoms with van der Waals surface area (Å²) < 4.78 is 12.9.